The number of carbonyl (C=O) groups excluding carboxylic acids is 1. The van der Waals surface area contributed by atoms with Crippen molar-refractivity contribution in [2.24, 2.45) is 5.10 Å². The lowest BCUT2D eigenvalue weighted by Crippen LogP contribution is -2.35. The van der Waals surface area contributed by atoms with Crippen molar-refractivity contribution in [1.29, 1.82) is 0 Å². The molecule has 4 rings (SSSR count). The van der Waals surface area contributed by atoms with Gasteiger partial charge < -0.3 is 0 Å². The number of amides is 1. The number of rotatable bonds is 5. The van der Waals surface area contributed by atoms with Crippen LogP contribution < -0.4 is 5.43 Å². The van der Waals surface area contributed by atoms with Crippen molar-refractivity contribution < 1.29 is 13.2 Å². The van der Waals surface area contributed by atoms with Crippen molar-refractivity contribution >= 4 is 32.4 Å². The zero-order valence-electron chi connectivity index (χ0n) is 17.4. The minimum atomic E-state index is -3.60. The van der Waals surface area contributed by atoms with Crippen LogP contribution in [-0.4, -0.2) is 37.4 Å². The molecular formula is C24H25N3O3S. The van der Waals surface area contributed by atoms with Gasteiger partial charge in [-0.15, -0.1) is 0 Å². The summed E-state index contributed by atoms with van der Waals surface area (Å²) in [5.41, 5.74) is 4.37. The number of nitrogens with zero attached hydrogens (tertiary/aromatic N) is 2. The first-order valence-electron chi connectivity index (χ1n) is 10.4. The third-order valence-corrected chi connectivity index (χ3v) is 7.44. The van der Waals surface area contributed by atoms with Crippen molar-refractivity contribution in [3.8, 4) is 0 Å². The number of nitrogens with one attached hydrogen (secondary N) is 1. The lowest BCUT2D eigenvalue weighted by atomic mass is 10.0. The van der Waals surface area contributed by atoms with E-state index in [1.54, 1.807) is 12.1 Å². The van der Waals surface area contributed by atoms with Crippen LogP contribution in [0.3, 0.4) is 0 Å². The van der Waals surface area contributed by atoms with E-state index in [0.29, 0.717) is 18.8 Å². The van der Waals surface area contributed by atoms with Crippen LogP contribution in [0, 0.1) is 0 Å². The average molecular weight is 436 g/mol. The number of fused-ring (bicyclic) bond motifs is 1. The molecule has 3 aromatic carbocycles. The molecular weight excluding hydrogens is 410 g/mol. The first-order valence-corrected chi connectivity index (χ1v) is 11.8. The highest BCUT2D eigenvalue weighted by Crippen LogP contribution is 2.21. The molecule has 0 aromatic heterocycles. The standard InChI is InChI=1S/C24H25N3O3S/c1-18(20-13-12-19-8-3-4-9-21(19)16-20)25-26-24(28)22-10-7-11-23(17-22)31(29,30)27-14-5-2-6-15-27/h3-4,7-13,16-17H,2,5-6,14-15H2,1H3,(H,26,28). The lowest BCUT2D eigenvalue weighted by Gasteiger charge is -2.25. The summed E-state index contributed by atoms with van der Waals surface area (Å²) in [5.74, 6) is -0.448. The second-order valence-corrected chi connectivity index (χ2v) is 9.63. The second-order valence-electron chi connectivity index (χ2n) is 7.69. The minimum absolute atomic E-state index is 0.136. The Labute approximate surface area is 182 Å². The molecule has 1 saturated heterocycles. The maximum Gasteiger partial charge on any atom is 0.271 e. The van der Waals surface area contributed by atoms with E-state index in [-0.39, 0.29) is 10.5 Å². The molecule has 0 aliphatic carbocycles. The van der Waals surface area contributed by atoms with Crippen molar-refractivity contribution in [3.63, 3.8) is 0 Å². The number of piperidine rings is 1. The van der Waals surface area contributed by atoms with Gasteiger partial charge in [-0.2, -0.15) is 9.41 Å². The SMILES string of the molecule is CC(=NNC(=O)c1cccc(S(=O)(=O)N2CCCCC2)c1)c1ccc2ccccc2c1. The third-order valence-electron chi connectivity index (χ3n) is 5.54. The molecule has 3 aromatic rings. The molecule has 0 spiro atoms. The van der Waals surface area contributed by atoms with Gasteiger partial charge in [0.05, 0.1) is 10.6 Å². The van der Waals surface area contributed by atoms with Gasteiger partial charge in [-0.1, -0.05) is 48.9 Å². The van der Waals surface area contributed by atoms with Crippen LogP contribution in [0.4, 0.5) is 0 Å². The molecule has 0 radical (unpaired) electrons. The summed E-state index contributed by atoms with van der Waals surface area (Å²) >= 11 is 0. The van der Waals surface area contributed by atoms with Crippen molar-refractivity contribution in [1.82, 2.24) is 9.73 Å². The Hall–Kier alpha value is -3.03. The highest BCUT2D eigenvalue weighted by molar-refractivity contribution is 7.89. The molecule has 1 fully saturated rings. The number of carbonyl (C=O) groups is 1. The van der Waals surface area contributed by atoms with E-state index in [1.165, 1.54) is 16.4 Å². The van der Waals surface area contributed by atoms with Crippen molar-refractivity contribution in [2.45, 2.75) is 31.1 Å². The molecule has 1 aliphatic rings. The van der Waals surface area contributed by atoms with Gasteiger partial charge in [0.25, 0.3) is 5.91 Å². The fraction of sp³-hybridized carbons (Fsp3) is 0.250. The molecule has 160 valence electrons. The van der Waals surface area contributed by atoms with Crippen LogP contribution in [0.15, 0.2) is 76.7 Å². The average Bonchev–Trinajstić information content (AvgIpc) is 2.82. The van der Waals surface area contributed by atoms with Crippen LogP contribution in [0.5, 0.6) is 0 Å². The summed E-state index contributed by atoms with van der Waals surface area (Å²) in [4.78, 5) is 12.8. The Kier molecular flexibility index (Phi) is 6.15. The fourth-order valence-electron chi connectivity index (χ4n) is 3.73. The molecule has 0 bridgehead atoms. The van der Waals surface area contributed by atoms with Crippen LogP contribution in [-0.2, 0) is 10.0 Å². The summed E-state index contributed by atoms with van der Waals surface area (Å²) in [6, 6.07) is 20.2. The molecule has 0 unspecified atom stereocenters. The van der Waals surface area contributed by atoms with Gasteiger partial charge in [0, 0.05) is 18.7 Å². The molecule has 6 nitrogen and oxygen atoms in total. The molecule has 1 N–H and O–H groups in total. The van der Waals surface area contributed by atoms with Gasteiger partial charge in [0.15, 0.2) is 0 Å². The predicted octanol–water partition coefficient (Wildman–Crippen LogP) is 4.17. The van der Waals surface area contributed by atoms with Crippen molar-refractivity contribution in [2.75, 3.05) is 13.1 Å². The number of hydrogen-bond acceptors (Lipinski definition) is 4. The molecule has 7 heteroatoms. The van der Waals surface area contributed by atoms with Gasteiger partial charge in [0.2, 0.25) is 10.0 Å². The van der Waals surface area contributed by atoms with E-state index in [4.69, 9.17) is 0 Å². The quantitative estimate of drug-likeness (QED) is 0.483. The third kappa shape index (κ3) is 4.68. The maximum absolute atomic E-state index is 12.9. The predicted molar refractivity (Wildman–Crippen MR) is 123 cm³/mol. The normalized spacial score (nSPS) is 15.7. The Bertz CT molecular complexity index is 1250. The summed E-state index contributed by atoms with van der Waals surface area (Å²) in [6.07, 6.45) is 2.77. The van der Waals surface area contributed by atoms with Crippen molar-refractivity contribution in [3.05, 3.63) is 77.9 Å². The van der Waals surface area contributed by atoms with Crippen LogP contribution in [0.25, 0.3) is 10.8 Å². The first-order chi connectivity index (χ1) is 14.9. The first kappa shape index (κ1) is 21.2. The number of hydrazone groups is 1. The number of sulfonamides is 1. The van der Waals surface area contributed by atoms with Crippen LogP contribution >= 0.6 is 0 Å². The minimum Gasteiger partial charge on any atom is -0.267 e. The zero-order chi connectivity index (χ0) is 21.8. The molecule has 1 heterocycles. The van der Waals surface area contributed by atoms with Crippen LogP contribution in [0.1, 0.15) is 42.1 Å². The molecule has 1 amide bonds. The zero-order valence-corrected chi connectivity index (χ0v) is 18.2. The Morgan fingerprint density at radius 1 is 0.871 bits per heavy atom. The van der Waals surface area contributed by atoms with Gasteiger partial charge >= 0.3 is 0 Å². The van der Waals surface area contributed by atoms with E-state index in [2.05, 4.69) is 10.5 Å². The van der Waals surface area contributed by atoms with Gasteiger partial charge in [-0.25, -0.2) is 13.8 Å². The summed E-state index contributed by atoms with van der Waals surface area (Å²) in [5, 5.41) is 6.44. The Morgan fingerprint density at radius 2 is 1.61 bits per heavy atom. The molecule has 0 saturated carbocycles. The lowest BCUT2D eigenvalue weighted by molar-refractivity contribution is 0.0954. The number of hydrogen-bond donors (Lipinski definition) is 1. The summed E-state index contributed by atoms with van der Waals surface area (Å²) < 4.78 is 27.3. The second kappa shape index (κ2) is 8.99. The fourth-order valence-corrected chi connectivity index (χ4v) is 5.29. The summed E-state index contributed by atoms with van der Waals surface area (Å²) in [7, 11) is -3.60. The maximum atomic E-state index is 12.9. The van der Waals surface area contributed by atoms with Gasteiger partial charge in [-0.05, 0) is 60.4 Å². The van der Waals surface area contributed by atoms with Gasteiger partial charge in [-0.3, -0.25) is 4.79 Å². The largest absolute Gasteiger partial charge is 0.271 e. The Morgan fingerprint density at radius 3 is 2.39 bits per heavy atom. The Balaban J connectivity index is 1.51. The molecule has 0 atom stereocenters. The van der Waals surface area contributed by atoms with E-state index in [0.717, 1.165) is 35.6 Å². The summed E-state index contributed by atoms with van der Waals surface area (Å²) in [6.45, 7) is 2.86. The van der Waals surface area contributed by atoms with E-state index >= 15 is 0 Å². The molecule has 31 heavy (non-hydrogen) atoms. The smallest absolute Gasteiger partial charge is 0.267 e. The highest BCUT2D eigenvalue weighted by atomic mass is 32.2. The van der Waals surface area contributed by atoms with Gasteiger partial charge in [0.1, 0.15) is 0 Å². The monoisotopic (exact) mass is 435 g/mol. The van der Waals surface area contributed by atoms with Crippen LogP contribution in [0.2, 0.25) is 0 Å². The van der Waals surface area contributed by atoms with E-state index in [1.807, 2.05) is 49.4 Å². The highest BCUT2D eigenvalue weighted by Gasteiger charge is 2.26. The topological polar surface area (TPSA) is 78.8 Å². The molecule has 1 aliphatic heterocycles. The van der Waals surface area contributed by atoms with E-state index < -0.39 is 15.9 Å². The van der Waals surface area contributed by atoms with E-state index in [9.17, 15) is 13.2 Å². The number of benzene rings is 3.